The van der Waals surface area contributed by atoms with Gasteiger partial charge >= 0.3 is 0 Å². The number of aliphatic imine (C=N–C) groups is 1. The van der Waals surface area contributed by atoms with Gasteiger partial charge in [0, 0.05) is 12.5 Å². The molecule has 2 aliphatic rings. The normalized spacial score (nSPS) is 20.0. The van der Waals surface area contributed by atoms with E-state index in [9.17, 15) is 0 Å². The van der Waals surface area contributed by atoms with Gasteiger partial charge < -0.3 is 10.3 Å². The van der Waals surface area contributed by atoms with E-state index >= 15 is 0 Å². The molecule has 1 aromatic heterocycles. The molecule has 2 N–H and O–H groups in total. The molecular formula is C17H19N3O. The fraction of sp³-hybridized carbons (Fsp3) is 0.412. The molecule has 0 spiro atoms. The van der Waals surface area contributed by atoms with Crippen LogP contribution in [0.5, 0.6) is 0 Å². The molecule has 4 heteroatoms. The standard InChI is InChI=1S/C17H19N3O/c1-10(18)16-9-15(20-21-16)14-8-11-7-12(17(2)5-6-17)3-4-13(11)19-14/h3-4,7,9-10H,5-6,8,18H2,1-2H3/t10-/m1/s1. The third-order valence-electron chi connectivity index (χ3n) is 4.66. The van der Waals surface area contributed by atoms with E-state index in [-0.39, 0.29) is 6.04 Å². The third-order valence-corrected chi connectivity index (χ3v) is 4.66. The van der Waals surface area contributed by atoms with E-state index in [1.807, 2.05) is 13.0 Å². The number of rotatable bonds is 3. The third kappa shape index (κ3) is 2.10. The lowest BCUT2D eigenvalue weighted by Gasteiger charge is -2.09. The average Bonchev–Trinajstić information content (AvgIpc) is 2.95. The summed E-state index contributed by atoms with van der Waals surface area (Å²) in [5, 5.41) is 4.10. The topological polar surface area (TPSA) is 64.4 Å². The van der Waals surface area contributed by atoms with Crippen LogP contribution in [0.3, 0.4) is 0 Å². The molecule has 0 radical (unpaired) electrons. The van der Waals surface area contributed by atoms with Crippen molar-refractivity contribution < 1.29 is 4.52 Å². The molecule has 4 rings (SSSR count). The maximum atomic E-state index is 5.81. The van der Waals surface area contributed by atoms with Crippen LogP contribution in [0, 0.1) is 0 Å². The van der Waals surface area contributed by atoms with Gasteiger partial charge in [0.15, 0.2) is 5.76 Å². The highest BCUT2D eigenvalue weighted by atomic mass is 16.5. The SMILES string of the molecule is C[C@@H](N)c1cc(C2=Nc3ccc(C4(C)CC4)cc3C2)no1. The van der Waals surface area contributed by atoms with Crippen molar-refractivity contribution in [1.82, 2.24) is 5.16 Å². The molecule has 0 saturated heterocycles. The van der Waals surface area contributed by atoms with Crippen molar-refractivity contribution in [2.45, 2.75) is 44.6 Å². The summed E-state index contributed by atoms with van der Waals surface area (Å²) in [6.07, 6.45) is 3.41. The molecule has 0 bridgehead atoms. The number of aromatic nitrogens is 1. The Hall–Kier alpha value is -1.94. The molecule has 1 aliphatic heterocycles. The second-order valence-electron chi connectivity index (χ2n) is 6.54. The summed E-state index contributed by atoms with van der Waals surface area (Å²) in [7, 11) is 0. The summed E-state index contributed by atoms with van der Waals surface area (Å²) in [6.45, 7) is 4.22. The first-order valence-electron chi connectivity index (χ1n) is 7.49. The summed E-state index contributed by atoms with van der Waals surface area (Å²) in [4.78, 5) is 4.69. The molecule has 21 heavy (non-hydrogen) atoms. The van der Waals surface area contributed by atoms with Gasteiger partial charge in [0.25, 0.3) is 0 Å². The highest BCUT2D eigenvalue weighted by Gasteiger charge is 2.39. The molecule has 2 heterocycles. The maximum absolute atomic E-state index is 5.81. The fourth-order valence-electron chi connectivity index (χ4n) is 2.84. The number of fused-ring (bicyclic) bond motifs is 1. The van der Waals surface area contributed by atoms with Gasteiger partial charge in [-0.05, 0) is 42.4 Å². The summed E-state index contributed by atoms with van der Waals surface area (Å²) >= 11 is 0. The molecule has 1 atom stereocenters. The number of hydrogen-bond donors (Lipinski definition) is 1. The molecule has 1 fully saturated rings. The Balaban J connectivity index is 1.62. The van der Waals surface area contributed by atoms with Crippen LogP contribution in [-0.4, -0.2) is 10.9 Å². The second-order valence-corrected chi connectivity index (χ2v) is 6.54. The van der Waals surface area contributed by atoms with Crippen LogP contribution in [0.25, 0.3) is 0 Å². The Bertz CT molecular complexity index is 738. The Morgan fingerprint density at radius 2 is 2.10 bits per heavy atom. The quantitative estimate of drug-likeness (QED) is 0.937. The average molecular weight is 281 g/mol. The largest absolute Gasteiger partial charge is 0.359 e. The lowest BCUT2D eigenvalue weighted by molar-refractivity contribution is 0.366. The van der Waals surface area contributed by atoms with Gasteiger partial charge in [0.1, 0.15) is 5.69 Å². The lowest BCUT2D eigenvalue weighted by Crippen LogP contribution is -2.04. The van der Waals surface area contributed by atoms with Crippen molar-refractivity contribution in [1.29, 1.82) is 0 Å². The minimum atomic E-state index is -0.142. The van der Waals surface area contributed by atoms with Gasteiger partial charge in [-0.25, -0.2) is 0 Å². The summed E-state index contributed by atoms with van der Waals surface area (Å²) in [5.41, 5.74) is 11.8. The van der Waals surface area contributed by atoms with Gasteiger partial charge in [0.05, 0.1) is 17.4 Å². The Morgan fingerprint density at radius 3 is 2.76 bits per heavy atom. The summed E-state index contributed by atoms with van der Waals surface area (Å²) in [6, 6.07) is 8.42. The summed E-state index contributed by atoms with van der Waals surface area (Å²) in [5.74, 6) is 0.704. The number of benzene rings is 1. The molecule has 0 unspecified atom stereocenters. The smallest absolute Gasteiger partial charge is 0.153 e. The molecule has 108 valence electrons. The lowest BCUT2D eigenvalue weighted by atomic mass is 9.95. The number of nitrogens with two attached hydrogens (primary N) is 1. The molecule has 2 aromatic rings. The zero-order chi connectivity index (χ0) is 14.6. The molecule has 1 saturated carbocycles. The first-order valence-corrected chi connectivity index (χ1v) is 7.49. The summed E-state index contributed by atoms with van der Waals surface area (Å²) < 4.78 is 5.27. The Labute approximate surface area is 124 Å². The van der Waals surface area contributed by atoms with Crippen LogP contribution in [-0.2, 0) is 11.8 Å². The van der Waals surface area contributed by atoms with Gasteiger partial charge in [-0.2, -0.15) is 0 Å². The van der Waals surface area contributed by atoms with Crippen molar-refractivity contribution >= 4 is 11.4 Å². The fourth-order valence-corrected chi connectivity index (χ4v) is 2.84. The van der Waals surface area contributed by atoms with Crippen molar-refractivity contribution in [3.05, 3.63) is 46.8 Å². The first-order chi connectivity index (χ1) is 10.0. The van der Waals surface area contributed by atoms with Crippen LogP contribution in [0.4, 0.5) is 5.69 Å². The van der Waals surface area contributed by atoms with Crippen LogP contribution in [0.2, 0.25) is 0 Å². The molecule has 1 aromatic carbocycles. The first kappa shape index (κ1) is 12.8. The number of hydrogen-bond acceptors (Lipinski definition) is 4. The van der Waals surface area contributed by atoms with Gasteiger partial charge in [-0.15, -0.1) is 0 Å². The van der Waals surface area contributed by atoms with E-state index in [2.05, 4.69) is 30.3 Å². The predicted molar refractivity (Wildman–Crippen MR) is 82.0 cm³/mol. The highest BCUT2D eigenvalue weighted by molar-refractivity contribution is 6.05. The van der Waals surface area contributed by atoms with Gasteiger partial charge in [0.2, 0.25) is 0 Å². The molecule has 4 nitrogen and oxygen atoms in total. The zero-order valence-corrected chi connectivity index (χ0v) is 12.4. The molecule has 1 aliphatic carbocycles. The van der Waals surface area contributed by atoms with Crippen molar-refractivity contribution in [3.63, 3.8) is 0 Å². The van der Waals surface area contributed by atoms with Crippen LogP contribution < -0.4 is 5.73 Å². The second kappa shape index (κ2) is 4.28. The maximum Gasteiger partial charge on any atom is 0.153 e. The minimum Gasteiger partial charge on any atom is -0.359 e. The van der Waals surface area contributed by atoms with Crippen molar-refractivity contribution in [2.75, 3.05) is 0 Å². The van der Waals surface area contributed by atoms with Crippen LogP contribution >= 0.6 is 0 Å². The Morgan fingerprint density at radius 1 is 1.29 bits per heavy atom. The van der Waals surface area contributed by atoms with Crippen molar-refractivity contribution in [2.24, 2.45) is 10.7 Å². The Kier molecular flexibility index (Phi) is 2.60. The molecule has 0 amide bonds. The van der Waals surface area contributed by atoms with Crippen LogP contribution in [0.15, 0.2) is 33.8 Å². The number of nitrogens with zero attached hydrogens (tertiary/aromatic N) is 2. The van der Waals surface area contributed by atoms with E-state index < -0.39 is 0 Å². The van der Waals surface area contributed by atoms with Crippen molar-refractivity contribution in [3.8, 4) is 0 Å². The highest BCUT2D eigenvalue weighted by Crippen LogP contribution is 2.48. The molecular weight excluding hydrogens is 262 g/mol. The van der Waals surface area contributed by atoms with E-state index in [4.69, 9.17) is 15.2 Å². The van der Waals surface area contributed by atoms with Gasteiger partial charge in [-0.1, -0.05) is 24.2 Å². The van der Waals surface area contributed by atoms with E-state index in [1.54, 1.807) is 0 Å². The van der Waals surface area contributed by atoms with E-state index in [1.165, 1.54) is 24.0 Å². The minimum absolute atomic E-state index is 0.142. The van der Waals surface area contributed by atoms with Gasteiger partial charge in [-0.3, -0.25) is 4.99 Å². The van der Waals surface area contributed by atoms with E-state index in [0.29, 0.717) is 11.2 Å². The van der Waals surface area contributed by atoms with Crippen LogP contribution in [0.1, 0.15) is 55.3 Å². The van der Waals surface area contributed by atoms with E-state index in [0.717, 1.165) is 23.5 Å². The monoisotopic (exact) mass is 281 g/mol. The predicted octanol–water partition coefficient (Wildman–Crippen LogP) is 3.42. The zero-order valence-electron chi connectivity index (χ0n) is 12.4.